The number of aromatic nitrogens is 2. The van der Waals surface area contributed by atoms with Crippen molar-refractivity contribution in [2.75, 3.05) is 33.4 Å². The second-order valence-electron chi connectivity index (χ2n) is 8.85. The smallest absolute Gasteiger partial charge is 0.339 e. The largest absolute Gasteiger partial charge is 0.497 e. The molecule has 182 valence electrons. The molecular formula is C27H29N3O5. The number of hydrogen-bond acceptors (Lipinski definition) is 6. The molecule has 0 atom stereocenters. The second-order valence-corrected chi connectivity index (χ2v) is 8.85. The molecule has 4 aromatic rings. The van der Waals surface area contributed by atoms with Gasteiger partial charge in [0.2, 0.25) is 0 Å². The van der Waals surface area contributed by atoms with Crippen LogP contribution in [0, 0.1) is 0 Å². The number of carboxylic acid groups (broad SMARTS) is 1. The first-order valence-corrected chi connectivity index (χ1v) is 11.8. The first kappa shape index (κ1) is 23.0. The van der Waals surface area contributed by atoms with Gasteiger partial charge in [-0.2, -0.15) is 0 Å². The molecule has 0 unspecified atom stereocenters. The molecule has 0 amide bonds. The van der Waals surface area contributed by atoms with Crippen molar-refractivity contribution in [2.24, 2.45) is 0 Å². The lowest BCUT2D eigenvalue weighted by molar-refractivity contribution is 0.0691. The van der Waals surface area contributed by atoms with Crippen LogP contribution < -0.4 is 9.47 Å². The van der Waals surface area contributed by atoms with E-state index in [0.29, 0.717) is 24.0 Å². The minimum absolute atomic E-state index is 0.143. The Labute approximate surface area is 203 Å². The van der Waals surface area contributed by atoms with Crippen LogP contribution in [0.1, 0.15) is 40.2 Å². The molecule has 8 heteroatoms. The zero-order chi connectivity index (χ0) is 24.2. The standard InChI is InChI=1S/C27H29N3O5/c1-33-21-4-5-23(27(31)32)25(15-21)35-14-12-29-10-6-20(7-11-29)24-17-30(16-19-8-13-34-18-19)26-22(24)3-2-9-28-26/h2-5,8-9,13,15,17-18,20H,6-7,10-12,14,16H2,1H3,(H,31,32). The van der Waals surface area contributed by atoms with E-state index in [0.717, 1.165) is 50.2 Å². The highest BCUT2D eigenvalue weighted by atomic mass is 16.5. The number of aromatic carboxylic acids is 1. The van der Waals surface area contributed by atoms with Crippen LogP contribution in [0.2, 0.25) is 0 Å². The number of likely N-dealkylation sites (tertiary alicyclic amines) is 1. The van der Waals surface area contributed by atoms with E-state index in [1.54, 1.807) is 31.8 Å². The van der Waals surface area contributed by atoms with E-state index >= 15 is 0 Å². The highest BCUT2D eigenvalue weighted by Gasteiger charge is 2.24. The van der Waals surface area contributed by atoms with Crippen molar-refractivity contribution >= 4 is 17.0 Å². The Bertz CT molecular complexity index is 1290. The summed E-state index contributed by atoms with van der Waals surface area (Å²) in [5, 5.41) is 10.6. The quantitative estimate of drug-likeness (QED) is 0.377. The van der Waals surface area contributed by atoms with Crippen molar-refractivity contribution in [3.8, 4) is 11.5 Å². The van der Waals surface area contributed by atoms with Crippen LogP contribution in [-0.2, 0) is 6.54 Å². The van der Waals surface area contributed by atoms with Crippen LogP contribution in [0.5, 0.6) is 11.5 Å². The highest BCUT2D eigenvalue weighted by Crippen LogP contribution is 2.34. The summed E-state index contributed by atoms with van der Waals surface area (Å²) in [7, 11) is 1.55. The Kier molecular flexibility index (Phi) is 6.72. The van der Waals surface area contributed by atoms with Gasteiger partial charge < -0.3 is 23.6 Å². The van der Waals surface area contributed by atoms with Crippen LogP contribution >= 0.6 is 0 Å². The summed E-state index contributed by atoms with van der Waals surface area (Å²) in [6, 6.07) is 10.9. The third kappa shape index (κ3) is 5.02. The molecule has 5 rings (SSSR count). The van der Waals surface area contributed by atoms with Gasteiger partial charge in [0.1, 0.15) is 29.3 Å². The van der Waals surface area contributed by atoms with Gasteiger partial charge in [0.05, 0.1) is 26.2 Å². The molecule has 1 saturated heterocycles. The summed E-state index contributed by atoms with van der Waals surface area (Å²) in [4.78, 5) is 18.5. The van der Waals surface area contributed by atoms with Crippen LogP contribution in [0.25, 0.3) is 11.0 Å². The van der Waals surface area contributed by atoms with E-state index in [9.17, 15) is 9.90 Å². The van der Waals surface area contributed by atoms with E-state index < -0.39 is 5.97 Å². The normalized spacial score (nSPS) is 14.9. The zero-order valence-corrected chi connectivity index (χ0v) is 19.7. The molecule has 1 aliphatic rings. The van der Waals surface area contributed by atoms with Gasteiger partial charge in [-0.3, -0.25) is 4.90 Å². The van der Waals surface area contributed by atoms with Gasteiger partial charge in [0.25, 0.3) is 0 Å². The van der Waals surface area contributed by atoms with Crippen molar-refractivity contribution in [1.82, 2.24) is 14.5 Å². The maximum Gasteiger partial charge on any atom is 0.339 e. The highest BCUT2D eigenvalue weighted by molar-refractivity contribution is 5.91. The number of pyridine rings is 1. The number of carboxylic acids is 1. The molecule has 4 heterocycles. The monoisotopic (exact) mass is 475 g/mol. The number of nitrogens with zero attached hydrogens (tertiary/aromatic N) is 3. The molecule has 0 saturated carbocycles. The molecule has 35 heavy (non-hydrogen) atoms. The fraction of sp³-hybridized carbons (Fsp3) is 0.333. The fourth-order valence-corrected chi connectivity index (χ4v) is 4.85. The van der Waals surface area contributed by atoms with Crippen LogP contribution in [0.3, 0.4) is 0 Å². The van der Waals surface area contributed by atoms with Crippen LogP contribution in [0.4, 0.5) is 0 Å². The Morgan fingerprint density at radius 1 is 1.23 bits per heavy atom. The zero-order valence-electron chi connectivity index (χ0n) is 19.7. The summed E-state index contributed by atoms with van der Waals surface area (Å²) in [5.41, 5.74) is 3.63. The third-order valence-electron chi connectivity index (χ3n) is 6.71. The molecular weight excluding hydrogens is 446 g/mol. The topological polar surface area (TPSA) is 90.0 Å². The third-order valence-corrected chi connectivity index (χ3v) is 6.71. The summed E-state index contributed by atoms with van der Waals surface area (Å²) < 4.78 is 18.5. The molecule has 1 aromatic carbocycles. The summed E-state index contributed by atoms with van der Waals surface area (Å²) >= 11 is 0. The number of hydrogen-bond donors (Lipinski definition) is 1. The number of rotatable bonds is 9. The van der Waals surface area contributed by atoms with Crippen LogP contribution in [0.15, 0.2) is 65.7 Å². The van der Waals surface area contributed by atoms with E-state index in [1.165, 1.54) is 17.0 Å². The maximum absolute atomic E-state index is 11.5. The SMILES string of the molecule is COc1ccc(C(=O)O)c(OCCN2CCC(c3cn(Cc4ccoc4)c4ncccc34)CC2)c1. The predicted molar refractivity (Wildman–Crippen MR) is 131 cm³/mol. The average molecular weight is 476 g/mol. The first-order chi connectivity index (χ1) is 17.1. The van der Waals surface area contributed by atoms with Gasteiger partial charge >= 0.3 is 5.97 Å². The van der Waals surface area contributed by atoms with Gasteiger partial charge in [-0.25, -0.2) is 9.78 Å². The Balaban J connectivity index is 1.20. The molecule has 0 bridgehead atoms. The predicted octanol–water partition coefficient (Wildman–Crippen LogP) is 4.64. The Hall–Kier alpha value is -3.78. The number of piperidine rings is 1. The number of ether oxygens (including phenoxy) is 2. The number of methoxy groups -OCH3 is 1. The molecule has 1 N–H and O–H groups in total. The van der Waals surface area contributed by atoms with E-state index in [4.69, 9.17) is 13.9 Å². The van der Waals surface area contributed by atoms with Gasteiger partial charge in [-0.15, -0.1) is 0 Å². The lowest BCUT2D eigenvalue weighted by atomic mass is 9.89. The van der Waals surface area contributed by atoms with Crippen LogP contribution in [-0.4, -0.2) is 58.9 Å². The van der Waals surface area contributed by atoms with Crippen molar-refractivity contribution in [3.63, 3.8) is 0 Å². The summed E-state index contributed by atoms with van der Waals surface area (Å²) in [6.07, 6.45) is 9.69. The van der Waals surface area contributed by atoms with E-state index in [2.05, 4.69) is 26.7 Å². The molecule has 3 aromatic heterocycles. The van der Waals surface area contributed by atoms with Crippen molar-refractivity contribution in [1.29, 1.82) is 0 Å². The minimum Gasteiger partial charge on any atom is -0.497 e. The molecule has 1 aliphatic heterocycles. The number of benzene rings is 1. The molecule has 0 radical (unpaired) electrons. The minimum atomic E-state index is -1.01. The Morgan fingerprint density at radius 3 is 2.83 bits per heavy atom. The van der Waals surface area contributed by atoms with E-state index in [-0.39, 0.29) is 5.56 Å². The lowest BCUT2D eigenvalue weighted by Gasteiger charge is -2.31. The van der Waals surface area contributed by atoms with Gasteiger partial charge in [0, 0.05) is 36.0 Å². The second kappa shape index (κ2) is 10.2. The first-order valence-electron chi connectivity index (χ1n) is 11.8. The summed E-state index contributed by atoms with van der Waals surface area (Å²) in [6.45, 7) is 3.83. The molecule has 0 aliphatic carbocycles. The summed E-state index contributed by atoms with van der Waals surface area (Å²) in [5.74, 6) is 0.378. The maximum atomic E-state index is 11.5. The molecule has 8 nitrogen and oxygen atoms in total. The number of fused-ring (bicyclic) bond motifs is 1. The van der Waals surface area contributed by atoms with Gasteiger partial charge in [-0.05, 0) is 67.7 Å². The van der Waals surface area contributed by atoms with Gasteiger partial charge in [-0.1, -0.05) is 0 Å². The average Bonchev–Trinajstić information content (AvgIpc) is 3.53. The Morgan fingerprint density at radius 2 is 2.09 bits per heavy atom. The number of furan rings is 1. The number of carbonyl (C=O) groups is 1. The van der Waals surface area contributed by atoms with Crippen molar-refractivity contribution in [3.05, 3.63) is 78.0 Å². The van der Waals surface area contributed by atoms with Gasteiger partial charge in [0.15, 0.2) is 0 Å². The molecule has 1 fully saturated rings. The molecule has 0 spiro atoms. The van der Waals surface area contributed by atoms with E-state index in [1.807, 2.05) is 18.3 Å². The van der Waals surface area contributed by atoms with Crippen molar-refractivity contribution in [2.45, 2.75) is 25.3 Å². The lowest BCUT2D eigenvalue weighted by Crippen LogP contribution is -2.35. The fourth-order valence-electron chi connectivity index (χ4n) is 4.85. The van der Waals surface area contributed by atoms with Crippen molar-refractivity contribution < 1.29 is 23.8 Å².